The van der Waals surface area contributed by atoms with Gasteiger partial charge in [0.1, 0.15) is 12.3 Å². The maximum atomic E-state index is 15.3. The van der Waals surface area contributed by atoms with E-state index in [1.54, 1.807) is 18.2 Å². The third-order valence-electron chi connectivity index (χ3n) is 7.96. The van der Waals surface area contributed by atoms with Crippen molar-refractivity contribution in [3.8, 4) is 11.1 Å². The Balaban J connectivity index is 1.18. The second kappa shape index (κ2) is 11.4. The molecule has 2 N–H and O–H groups in total. The Hall–Kier alpha value is -2.32. The van der Waals surface area contributed by atoms with Gasteiger partial charge in [-0.3, -0.25) is 0 Å². The van der Waals surface area contributed by atoms with Crippen molar-refractivity contribution in [2.75, 3.05) is 0 Å². The van der Waals surface area contributed by atoms with Gasteiger partial charge in [-0.1, -0.05) is 97.1 Å². The fourth-order valence-corrected chi connectivity index (χ4v) is 6.69. The molecule has 3 aliphatic rings. The lowest BCUT2D eigenvalue weighted by Gasteiger charge is -2.40. The molecule has 0 saturated heterocycles. The summed E-state index contributed by atoms with van der Waals surface area (Å²) in [7, 11) is 0. The number of aliphatic hydroxyl groups is 1. The molecule has 38 heavy (non-hydrogen) atoms. The van der Waals surface area contributed by atoms with E-state index < -0.39 is 17.8 Å². The molecule has 3 unspecified atom stereocenters. The van der Waals surface area contributed by atoms with Gasteiger partial charge in [-0.15, -0.1) is 0 Å². The SMILES string of the molecule is Cc1ccc(-c2ccc(C(F)(F)[C@@H](C=O)NSC3C=CC4C[C@@](O)(OC5CCCC5)C=CC4C3)cc2)cc1. The largest absolute Gasteiger partial charge is 0.362 e. The summed E-state index contributed by atoms with van der Waals surface area (Å²) in [5.74, 6) is -4.27. The van der Waals surface area contributed by atoms with E-state index in [9.17, 15) is 9.90 Å². The van der Waals surface area contributed by atoms with Crippen LogP contribution < -0.4 is 4.72 Å². The Kier molecular flexibility index (Phi) is 8.19. The number of aryl methyl sites for hydroxylation is 1. The highest BCUT2D eigenvalue weighted by atomic mass is 32.2. The van der Waals surface area contributed by atoms with Crippen LogP contribution in [0, 0.1) is 18.8 Å². The first-order valence-corrected chi connectivity index (χ1v) is 14.3. The van der Waals surface area contributed by atoms with E-state index in [0.29, 0.717) is 6.42 Å². The van der Waals surface area contributed by atoms with Crippen LogP contribution in [0.4, 0.5) is 8.78 Å². The summed E-state index contributed by atoms with van der Waals surface area (Å²) < 4.78 is 39.4. The Morgan fingerprint density at radius 1 is 1.03 bits per heavy atom. The molecule has 0 aliphatic heterocycles. The monoisotopic (exact) mass is 539 g/mol. The van der Waals surface area contributed by atoms with Gasteiger partial charge in [0.25, 0.3) is 5.92 Å². The van der Waals surface area contributed by atoms with Gasteiger partial charge in [0.15, 0.2) is 5.79 Å². The number of benzene rings is 2. The Morgan fingerprint density at radius 3 is 2.34 bits per heavy atom. The van der Waals surface area contributed by atoms with Crippen molar-refractivity contribution in [2.24, 2.45) is 11.8 Å². The Morgan fingerprint density at radius 2 is 1.68 bits per heavy atom. The smallest absolute Gasteiger partial charge is 0.295 e. The molecule has 202 valence electrons. The van der Waals surface area contributed by atoms with E-state index in [1.165, 1.54) is 12.1 Å². The van der Waals surface area contributed by atoms with E-state index in [2.05, 4.69) is 10.8 Å². The van der Waals surface area contributed by atoms with Crippen LogP contribution in [-0.4, -0.2) is 34.6 Å². The number of hydrogen-bond acceptors (Lipinski definition) is 5. The Bertz CT molecular complexity index is 1160. The number of rotatable bonds is 9. The number of carbonyl (C=O) groups excluding carboxylic acids is 1. The number of fused-ring (bicyclic) bond motifs is 1. The van der Waals surface area contributed by atoms with Gasteiger partial charge < -0.3 is 14.6 Å². The van der Waals surface area contributed by atoms with Gasteiger partial charge in [-0.05, 0) is 55.2 Å². The van der Waals surface area contributed by atoms with E-state index in [4.69, 9.17) is 4.74 Å². The summed E-state index contributed by atoms with van der Waals surface area (Å²) in [4.78, 5) is 11.7. The van der Waals surface area contributed by atoms with Crippen LogP contribution in [0.15, 0.2) is 72.8 Å². The number of hydrogen-bond donors (Lipinski definition) is 2. The highest BCUT2D eigenvalue weighted by Gasteiger charge is 2.43. The van der Waals surface area contributed by atoms with Crippen LogP contribution in [0.1, 0.15) is 49.7 Å². The number of ether oxygens (including phenoxy) is 1. The summed E-state index contributed by atoms with van der Waals surface area (Å²) in [6.45, 7) is 2.00. The zero-order valence-electron chi connectivity index (χ0n) is 21.6. The third kappa shape index (κ3) is 6.12. The molecule has 0 spiro atoms. The average Bonchev–Trinajstić information content (AvgIpc) is 3.42. The summed E-state index contributed by atoms with van der Waals surface area (Å²) in [6, 6.07) is 12.3. The molecule has 0 bridgehead atoms. The number of halogens is 2. The van der Waals surface area contributed by atoms with Crippen LogP contribution in [0.5, 0.6) is 0 Å². The van der Waals surface area contributed by atoms with Gasteiger partial charge in [0.05, 0.1) is 6.10 Å². The third-order valence-corrected chi connectivity index (χ3v) is 9.00. The summed E-state index contributed by atoms with van der Waals surface area (Å²) in [5.41, 5.74) is 2.73. The van der Waals surface area contributed by atoms with Crippen molar-refractivity contribution in [2.45, 2.75) is 74.6 Å². The van der Waals surface area contributed by atoms with Crippen molar-refractivity contribution in [1.29, 1.82) is 0 Å². The van der Waals surface area contributed by atoms with E-state index in [-0.39, 0.29) is 35.0 Å². The van der Waals surface area contributed by atoms with Crippen molar-refractivity contribution >= 4 is 18.2 Å². The molecule has 2 aromatic carbocycles. The molecule has 4 nitrogen and oxygen atoms in total. The number of aldehydes is 1. The number of allylic oxidation sites excluding steroid dienone is 2. The van der Waals surface area contributed by atoms with E-state index >= 15 is 8.78 Å². The van der Waals surface area contributed by atoms with Gasteiger partial charge in [0, 0.05) is 17.2 Å². The minimum Gasteiger partial charge on any atom is -0.362 e. The number of carbonyl (C=O) groups is 1. The summed E-state index contributed by atoms with van der Waals surface area (Å²) >= 11 is 1.16. The topological polar surface area (TPSA) is 58.6 Å². The number of alkyl halides is 2. The molecule has 1 fully saturated rings. The molecule has 0 heterocycles. The predicted octanol–water partition coefficient (Wildman–Crippen LogP) is 6.73. The maximum absolute atomic E-state index is 15.3. The Labute approximate surface area is 227 Å². The lowest BCUT2D eigenvalue weighted by molar-refractivity contribution is -0.208. The first-order chi connectivity index (χ1) is 18.3. The van der Waals surface area contributed by atoms with E-state index in [0.717, 1.165) is 60.7 Å². The molecule has 5 rings (SSSR count). The lowest BCUT2D eigenvalue weighted by atomic mass is 9.76. The molecule has 0 amide bonds. The van der Waals surface area contributed by atoms with Crippen molar-refractivity contribution in [1.82, 2.24) is 4.72 Å². The normalized spacial score (nSPS) is 28.3. The second-order valence-electron chi connectivity index (χ2n) is 10.8. The van der Waals surface area contributed by atoms with Gasteiger partial charge in [-0.25, -0.2) is 4.72 Å². The molecular formula is C31H35F2NO3S. The van der Waals surface area contributed by atoms with Crippen molar-refractivity contribution < 1.29 is 23.4 Å². The molecule has 3 aliphatic carbocycles. The van der Waals surface area contributed by atoms with Gasteiger partial charge >= 0.3 is 0 Å². The highest BCUT2D eigenvalue weighted by Crippen LogP contribution is 2.42. The number of nitrogens with one attached hydrogen (secondary N) is 1. The summed E-state index contributed by atoms with van der Waals surface area (Å²) in [5, 5.41) is 10.9. The van der Waals surface area contributed by atoms with Gasteiger partial charge in [-0.2, -0.15) is 8.78 Å². The quantitative estimate of drug-likeness (QED) is 0.160. The standard InChI is InChI=1S/C31H35F2NO3S/c1-21-6-8-22(9-7-21)23-10-13-26(14-11-23)31(32,33)29(20-35)34-38-28-15-12-25-19-30(36,17-16-24(25)18-28)37-27-4-2-3-5-27/h6-17,20,24-25,27-29,34,36H,2-5,18-19H2,1H3/t24?,25?,28?,29-,30+/m1/s1. The average molecular weight is 540 g/mol. The predicted molar refractivity (Wildman–Crippen MR) is 148 cm³/mol. The first kappa shape index (κ1) is 27.3. The summed E-state index contributed by atoms with van der Waals surface area (Å²) in [6.07, 6.45) is 13.7. The van der Waals surface area contributed by atoms with Crippen LogP contribution in [0.3, 0.4) is 0 Å². The molecule has 5 atom stereocenters. The second-order valence-corrected chi connectivity index (χ2v) is 11.9. The van der Waals surface area contributed by atoms with E-state index in [1.807, 2.05) is 43.3 Å². The fraction of sp³-hybridized carbons (Fsp3) is 0.452. The highest BCUT2D eigenvalue weighted by molar-refractivity contribution is 7.98. The van der Waals surface area contributed by atoms with Crippen LogP contribution >= 0.6 is 11.9 Å². The lowest BCUT2D eigenvalue weighted by Crippen LogP contribution is -2.43. The first-order valence-electron chi connectivity index (χ1n) is 13.5. The fourth-order valence-electron chi connectivity index (χ4n) is 5.68. The molecule has 7 heteroatoms. The minimum atomic E-state index is -3.36. The van der Waals surface area contributed by atoms with Crippen LogP contribution in [-0.2, 0) is 15.5 Å². The van der Waals surface area contributed by atoms with Crippen LogP contribution in [0.25, 0.3) is 11.1 Å². The molecule has 0 radical (unpaired) electrons. The van der Waals surface area contributed by atoms with Gasteiger partial charge in [0.2, 0.25) is 0 Å². The zero-order valence-corrected chi connectivity index (χ0v) is 22.4. The zero-order chi connectivity index (χ0) is 26.8. The van der Waals surface area contributed by atoms with Crippen LogP contribution in [0.2, 0.25) is 0 Å². The molecule has 2 aromatic rings. The molecule has 1 saturated carbocycles. The van der Waals surface area contributed by atoms with Crippen molar-refractivity contribution in [3.63, 3.8) is 0 Å². The minimum absolute atomic E-state index is 0.0648. The van der Waals surface area contributed by atoms with Crippen molar-refractivity contribution in [3.05, 3.63) is 84.0 Å². The molecule has 0 aromatic heterocycles. The maximum Gasteiger partial charge on any atom is 0.295 e. The molecular weight excluding hydrogens is 504 g/mol.